The van der Waals surface area contributed by atoms with Crippen LogP contribution in [0.3, 0.4) is 0 Å². The van der Waals surface area contributed by atoms with E-state index in [1.165, 1.54) is 6.92 Å². The van der Waals surface area contributed by atoms with E-state index in [-0.39, 0.29) is 6.61 Å². The molecule has 1 aliphatic heterocycles. The number of amides is 1. The Labute approximate surface area is 270 Å². The maximum atomic E-state index is 14.0. The first-order valence-electron chi connectivity index (χ1n) is 14.8. The highest BCUT2D eigenvalue weighted by atomic mass is 16.8. The Hall–Kier alpha value is -5.27. The number of esters is 1. The summed E-state index contributed by atoms with van der Waals surface area (Å²) in [6.45, 7) is 1.80. The summed E-state index contributed by atoms with van der Waals surface area (Å²) in [6.07, 6.45) is -3.48. The molecule has 1 heterocycles. The first kappa shape index (κ1) is 34.6. The van der Waals surface area contributed by atoms with Gasteiger partial charge in [-0.15, -0.1) is 0 Å². The van der Waals surface area contributed by atoms with E-state index in [4.69, 9.17) is 18.9 Å². The largest absolute Gasteiger partial charge is 0.480 e. The SMILES string of the molecule is CCOC(=O)[C@]1(C(=O)O)O[C@@H](C(=O)O)[C@H](C(=O)N(CC(=O)O)[C@H](C)[C@H](CCc2ccccc2)c2ccc(Oc3ccccc3)cc2)O1. The standard InChI is InChI=1S/C34H35NO12/c1-3-44-33(43)34(32(41)42)46-28(29(47-34)31(39)40)30(38)35(20-27(36)37)21(2)26(19-14-22-10-6-4-7-11-22)23-15-17-25(18-16-23)45-24-12-8-5-9-13-24/h4-13,15-18,21,26,28-29H,3,14,19-20H2,1-2H3,(H,36,37)(H,39,40)(H,41,42)/t21-,26+,28-,29-,34+/m1/s1. The van der Waals surface area contributed by atoms with E-state index in [1.807, 2.05) is 48.5 Å². The van der Waals surface area contributed by atoms with Crippen LogP contribution >= 0.6 is 0 Å². The van der Waals surface area contributed by atoms with Crippen LogP contribution in [0, 0.1) is 0 Å². The van der Waals surface area contributed by atoms with Gasteiger partial charge in [-0.25, -0.2) is 14.4 Å². The Balaban J connectivity index is 1.69. The molecule has 13 nitrogen and oxygen atoms in total. The number of ether oxygens (including phenoxy) is 4. The van der Waals surface area contributed by atoms with Gasteiger partial charge in [-0.1, -0.05) is 60.7 Å². The first-order chi connectivity index (χ1) is 22.5. The number of carbonyl (C=O) groups excluding carboxylic acids is 2. The Bertz CT molecular complexity index is 1560. The van der Waals surface area contributed by atoms with Crippen molar-refractivity contribution in [3.05, 3.63) is 96.1 Å². The molecular weight excluding hydrogens is 614 g/mol. The van der Waals surface area contributed by atoms with Gasteiger partial charge in [0, 0.05) is 12.0 Å². The fourth-order valence-corrected chi connectivity index (χ4v) is 5.39. The molecule has 0 spiro atoms. The number of hydrogen-bond acceptors (Lipinski definition) is 9. The van der Waals surface area contributed by atoms with Crippen LogP contribution < -0.4 is 4.74 Å². The number of carbonyl (C=O) groups is 5. The molecule has 3 aromatic rings. The summed E-state index contributed by atoms with van der Waals surface area (Å²) in [7, 11) is 0. The zero-order chi connectivity index (χ0) is 34.1. The van der Waals surface area contributed by atoms with Crippen LogP contribution in [0.1, 0.15) is 37.3 Å². The highest BCUT2D eigenvalue weighted by molar-refractivity contribution is 6.03. The lowest BCUT2D eigenvalue weighted by molar-refractivity contribution is -0.224. The van der Waals surface area contributed by atoms with E-state index in [2.05, 4.69) is 0 Å². The molecule has 0 saturated carbocycles. The molecule has 0 radical (unpaired) electrons. The average Bonchev–Trinajstić information content (AvgIpc) is 3.48. The summed E-state index contributed by atoms with van der Waals surface area (Å²) in [6, 6.07) is 24.8. The number of carboxylic acids is 3. The third kappa shape index (κ3) is 8.12. The zero-order valence-electron chi connectivity index (χ0n) is 25.7. The molecule has 13 heteroatoms. The van der Waals surface area contributed by atoms with Gasteiger partial charge >= 0.3 is 29.7 Å². The number of hydrogen-bond donors (Lipinski definition) is 3. The molecule has 1 amide bonds. The molecular formula is C34H35NO12. The summed E-state index contributed by atoms with van der Waals surface area (Å²) in [5, 5.41) is 29.5. The lowest BCUT2D eigenvalue weighted by atomic mass is 9.85. The molecule has 1 aliphatic rings. The molecule has 248 valence electrons. The Morgan fingerprint density at radius 2 is 1.40 bits per heavy atom. The maximum absolute atomic E-state index is 14.0. The van der Waals surface area contributed by atoms with Gasteiger partial charge in [-0.05, 0) is 62.1 Å². The number of aryl methyl sites for hydroxylation is 1. The minimum absolute atomic E-state index is 0.294. The van der Waals surface area contributed by atoms with Crippen molar-refractivity contribution in [2.45, 2.75) is 56.6 Å². The molecule has 1 saturated heterocycles. The number of para-hydroxylation sites is 1. The average molecular weight is 650 g/mol. The smallest absolute Gasteiger partial charge is 0.379 e. The minimum atomic E-state index is -3.25. The number of carboxylic acid groups (broad SMARTS) is 3. The zero-order valence-corrected chi connectivity index (χ0v) is 25.7. The van der Waals surface area contributed by atoms with Crippen molar-refractivity contribution in [1.82, 2.24) is 4.90 Å². The molecule has 5 atom stereocenters. The second kappa shape index (κ2) is 15.3. The van der Waals surface area contributed by atoms with Crippen LogP contribution in [-0.4, -0.2) is 87.2 Å². The lowest BCUT2D eigenvalue weighted by Gasteiger charge is -2.36. The third-order valence-corrected chi connectivity index (χ3v) is 7.71. The van der Waals surface area contributed by atoms with Gasteiger partial charge in [0.05, 0.1) is 6.61 Å². The van der Waals surface area contributed by atoms with Gasteiger partial charge in [0.15, 0.2) is 12.2 Å². The van der Waals surface area contributed by atoms with Gasteiger partial charge in [0.2, 0.25) is 0 Å². The molecule has 0 aromatic heterocycles. The van der Waals surface area contributed by atoms with Crippen molar-refractivity contribution in [2.75, 3.05) is 13.2 Å². The molecule has 1 fully saturated rings. The monoisotopic (exact) mass is 649 g/mol. The van der Waals surface area contributed by atoms with Crippen molar-refractivity contribution in [1.29, 1.82) is 0 Å². The van der Waals surface area contributed by atoms with Gasteiger partial charge in [-0.3, -0.25) is 9.59 Å². The molecule has 0 bridgehead atoms. The van der Waals surface area contributed by atoms with Gasteiger partial charge in [0.1, 0.15) is 18.0 Å². The summed E-state index contributed by atoms with van der Waals surface area (Å²) >= 11 is 0. The van der Waals surface area contributed by atoms with E-state index in [0.717, 1.165) is 16.0 Å². The van der Waals surface area contributed by atoms with E-state index >= 15 is 0 Å². The van der Waals surface area contributed by atoms with Crippen LogP contribution in [0.5, 0.6) is 11.5 Å². The van der Waals surface area contributed by atoms with E-state index in [0.29, 0.717) is 24.3 Å². The minimum Gasteiger partial charge on any atom is -0.480 e. The molecule has 0 aliphatic carbocycles. The van der Waals surface area contributed by atoms with Gasteiger partial charge in [-0.2, -0.15) is 0 Å². The fourth-order valence-electron chi connectivity index (χ4n) is 5.39. The van der Waals surface area contributed by atoms with Crippen molar-refractivity contribution in [2.24, 2.45) is 0 Å². The van der Waals surface area contributed by atoms with Crippen molar-refractivity contribution in [3.8, 4) is 11.5 Å². The Kier molecular flexibility index (Phi) is 11.3. The highest BCUT2D eigenvalue weighted by Crippen LogP contribution is 2.35. The van der Waals surface area contributed by atoms with Crippen LogP contribution in [0.4, 0.5) is 0 Å². The van der Waals surface area contributed by atoms with Crippen molar-refractivity contribution < 1.29 is 58.2 Å². The topological polar surface area (TPSA) is 186 Å². The van der Waals surface area contributed by atoms with Gasteiger partial charge in [0.25, 0.3) is 5.91 Å². The predicted molar refractivity (Wildman–Crippen MR) is 164 cm³/mol. The maximum Gasteiger partial charge on any atom is 0.379 e. The molecule has 47 heavy (non-hydrogen) atoms. The fraction of sp³-hybridized carbons (Fsp3) is 0.324. The first-order valence-corrected chi connectivity index (χ1v) is 14.8. The summed E-state index contributed by atoms with van der Waals surface area (Å²) in [5.41, 5.74) is 1.71. The third-order valence-electron chi connectivity index (χ3n) is 7.71. The number of benzene rings is 3. The van der Waals surface area contributed by atoms with E-state index in [9.17, 15) is 39.3 Å². The van der Waals surface area contributed by atoms with Crippen LogP contribution in [0.2, 0.25) is 0 Å². The Morgan fingerprint density at radius 1 is 0.830 bits per heavy atom. The predicted octanol–water partition coefficient (Wildman–Crippen LogP) is 3.71. The quantitative estimate of drug-likeness (QED) is 0.160. The number of nitrogens with zero attached hydrogens (tertiary/aromatic N) is 1. The molecule has 3 N–H and O–H groups in total. The van der Waals surface area contributed by atoms with Gasteiger partial charge < -0.3 is 39.2 Å². The summed E-state index contributed by atoms with van der Waals surface area (Å²) in [5.74, 6) is -10.6. The normalized spacial score (nSPS) is 20.0. The molecule has 3 aromatic carbocycles. The van der Waals surface area contributed by atoms with Crippen LogP contribution in [-0.2, 0) is 44.6 Å². The van der Waals surface area contributed by atoms with Crippen molar-refractivity contribution in [3.63, 3.8) is 0 Å². The van der Waals surface area contributed by atoms with E-state index < -0.39 is 66.3 Å². The second-order valence-corrected chi connectivity index (χ2v) is 10.8. The number of rotatable bonds is 15. The Morgan fingerprint density at radius 3 is 1.96 bits per heavy atom. The van der Waals surface area contributed by atoms with E-state index in [1.54, 1.807) is 43.3 Å². The van der Waals surface area contributed by atoms with Crippen LogP contribution in [0.25, 0.3) is 0 Å². The van der Waals surface area contributed by atoms with Crippen LogP contribution in [0.15, 0.2) is 84.9 Å². The lowest BCUT2D eigenvalue weighted by Crippen LogP contribution is -2.53. The molecule has 0 unspecified atom stereocenters. The highest BCUT2D eigenvalue weighted by Gasteiger charge is 2.65. The summed E-state index contributed by atoms with van der Waals surface area (Å²) < 4.78 is 21.0. The molecule has 4 rings (SSSR count). The summed E-state index contributed by atoms with van der Waals surface area (Å²) in [4.78, 5) is 63.9. The second-order valence-electron chi connectivity index (χ2n) is 10.8. The number of aliphatic carboxylic acids is 3. The van der Waals surface area contributed by atoms with Crippen molar-refractivity contribution >= 4 is 29.8 Å².